The highest BCUT2D eigenvalue weighted by Crippen LogP contribution is 2.33. The zero-order valence-corrected chi connectivity index (χ0v) is 13.6. The molecule has 0 spiro atoms. The van der Waals surface area contributed by atoms with Crippen molar-refractivity contribution in [3.8, 4) is 0 Å². The first kappa shape index (κ1) is 16.7. The van der Waals surface area contributed by atoms with Gasteiger partial charge in [0.25, 0.3) is 0 Å². The quantitative estimate of drug-likeness (QED) is 0.798. The molecular formula is C16H31N3O2. The van der Waals surface area contributed by atoms with Gasteiger partial charge in [-0.25, -0.2) is 0 Å². The Morgan fingerprint density at radius 3 is 2.29 bits per heavy atom. The normalized spacial score (nSPS) is 24.8. The Kier molecular flexibility index (Phi) is 5.63. The Morgan fingerprint density at radius 1 is 1.14 bits per heavy atom. The molecule has 1 aliphatic heterocycles. The van der Waals surface area contributed by atoms with Gasteiger partial charge in [0.2, 0.25) is 5.91 Å². The first-order valence-electron chi connectivity index (χ1n) is 8.28. The first-order valence-corrected chi connectivity index (χ1v) is 8.28. The zero-order valence-electron chi connectivity index (χ0n) is 13.6. The van der Waals surface area contributed by atoms with E-state index in [2.05, 4.69) is 24.3 Å². The number of nitrogens with two attached hydrogens (primary N) is 1. The zero-order chi connectivity index (χ0) is 15.3. The van der Waals surface area contributed by atoms with Crippen LogP contribution in [0.2, 0.25) is 0 Å². The van der Waals surface area contributed by atoms with E-state index in [4.69, 9.17) is 10.5 Å². The average Bonchev–Trinajstić information content (AvgIpc) is 2.54. The number of nitrogens with zero attached hydrogens (tertiary/aromatic N) is 1. The number of ether oxygens (including phenoxy) is 1. The van der Waals surface area contributed by atoms with E-state index in [1.807, 2.05) is 0 Å². The van der Waals surface area contributed by atoms with Crippen molar-refractivity contribution < 1.29 is 9.53 Å². The highest BCUT2D eigenvalue weighted by molar-refractivity contribution is 5.83. The van der Waals surface area contributed by atoms with Gasteiger partial charge >= 0.3 is 0 Å². The van der Waals surface area contributed by atoms with Crippen molar-refractivity contribution in [1.82, 2.24) is 10.2 Å². The molecule has 1 saturated carbocycles. The van der Waals surface area contributed by atoms with Gasteiger partial charge in [-0.15, -0.1) is 0 Å². The summed E-state index contributed by atoms with van der Waals surface area (Å²) in [4.78, 5) is 15.0. The molecule has 2 fully saturated rings. The van der Waals surface area contributed by atoms with Crippen molar-refractivity contribution in [3.05, 3.63) is 0 Å². The molecular weight excluding hydrogens is 266 g/mol. The van der Waals surface area contributed by atoms with Crippen LogP contribution < -0.4 is 11.1 Å². The maximum absolute atomic E-state index is 12.7. The highest BCUT2D eigenvalue weighted by Gasteiger charge is 2.41. The molecule has 1 aliphatic carbocycles. The lowest BCUT2D eigenvalue weighted by Gasteiger charge is -2.44. The lowest BCUT2D eigenvalue weighted by Crippen LogP contribution is -2.57. The Bertz CT molecular complexity index is 345. The van der Waals surface area contributed by atoms with Gasteiger partial charge in [0.15, 0.2) is 0 Å². The summed E-state index contributed by atoms with van der Waals surface area (Å²) in [5.74, 6) is 0.125. The number of hydrogen-bond acceptors (Lipinski definition) is 4. The van der Waals surface area contributed by atoms with Crippen LogP contribution in [0.25, 0.3) is 0 Å². The number of hydrogen-bond donors (Lipinski definition) is 2. The van der Waals surface area contributed by atoms with Gasteiger partial charge in [-0.05, 0) is 39.8 Å². The Labute approximate surface area is 128 Å². The second-order valence-corrected chi connectivity index (χ2v) is 6.96. The molecule has 2 aliphatic rings. The fraction of sp³-hybridized carbons (Fsp3) is 0.938. The number of amides is 1. The van der Waals surface area contributed by atoms with Crippen LogP contribution in [0.15, 0.2) is 0 Å². The summed E-state index contributed by atoms with van der Waals surface area (Å²) in [6.07, 6.45) is 7.63. The van der Waals surface area contributed by atoms with Gasteiger partial charge in [0.05, 0.1) is 5.41 Å². The number of carbonyl (C=O) groups is 1. The van der Waals surface area contributed by atoms with Gasteiger partial charge < -0.3 is 20.7 Å². The lowest BCUT2D eigenvalue weighted by atomic mass is 9.78. The van der Waals surface area contributed by atoms with E-state index >= 15 is 0 Å². The Balaban J connectivity index is 1.97. The number of rotatable bonds is 5. The maximum atomic E-state index is 12.7. The largest absolute Gasteiger partial charge is 0.381 e. The molecule has 0 radical (unpaired) electrons. The molecule has 3 N–H and O–H groups in total. The van der Waals surface area contributed by atoms with E-state index in [0.29, 0.717) is 19.8 Å². The molecule has 0 bridgehead atoms. The summed E-state index contributed by atoms with van der Waals surface area (Å²) in [7, 11) is 4.26. The first-order chi connectivity index (χ1) is 10.0. The molecule has 1 amide bonds. The van der Waals surface area contributed by atoms with Crippen LogP contribution >= 0.6 is 0 Å². The minimum Gasteiger partial charge on any atom is -0.381 e. The fourth-order valence-electron chi connectivity index (χ4n) is 3.71. The van der Waals surface area contributed by atoms with Gasteiger partial charge in [-0.3, -0.25) is 4.79 Å². The maximum Gasteiger partial charge on any atom is 0.227 e. The number of nitrogens with one attached hydrogen (secondary N) is 1. The van der Waals surface area contributed by atoms with E-state index in [-0.39, 0.29) is 11.4 Å². The molecule has 0 aromatic rings. The third-order valence-electron chi connectivity index (χ3n) is 5.63. The molecule has 122 valence electrons. The molecule has 5 heteroatoms. The molecule has 21 heavy (non-hydrogen) atoms. The third-order valence-corrected chi connectivity index (χ3v) is 5.63. The van der Waals surface area contributed by atoms with Crippen molar-refractivity contribution in [1.29, 1.82) is 0 Å². The minimum atomic E-state index is -0.416. The van der Waals surface area contributed by atoms with E-state index in [1.165, 1.54) is 32.1 Å². The second kappa shape index (κ2) is 7.07. The van der Waals surface area contributed by atoms with Crippen molar-refractivity contribution >= 4 is 5.91 Å². The summed E-state index contributed by atoms with van der Waals surface area (Å²) in [6.45, 7) is 2.44. The second-order valence-electron chi connectivity index (χ2n) is 6.96. The summed E-state index contributed by atoms with van der Waals surface area (Å²) < 4.78 is 5.39. The SMILES string of the molecule is CN(C)C1(CNC(=O)C2(CN)CCOCC2)CCCCC1. The minimum absolute atomic E-state index is 0.120. The summed E-state index contributed by atoms with van der Waals surface area (Å²) in [5.41, 5.74) is 5.62. The predicted molar refractivity (Wildman–Crippen MR) is 84.1 cm³/mol. The van der Waals surface area contributed by atoms with Gasteiger partial charge in [-0.2, -0.15) is 0 Å². The monoisotopic (exact) mass is 297 g/mol. The van der Waals surface area contributed by atoms with E-state index in [1.54, 1.807) is 0 Å². The van der Waals surface area contributed by atoms with E-state index in [9.17, 15) is 4.79 Å². The molecule has 0 aromatic carbocycles. The molecule has 1 heterocycles. The molecule has 1 saturated heterocycles. The number of carbonyl (C=O) groups excluding carboxylic acids is 1. The van der Waals surface area contributed by atoms with Crippen molar-refractivity contribution in [2.75, 3.05) is 40.4 Å². The van der Waals surface area contributed by atoms with Gasteiger partial charge in [-0.1, -0.05) is 19.3 Å². The van der Waals surface area contributed by atoms with Gasteiger partial charge in [0, 0.05) is 31.8 Å². The average molecular weight is 297 g/mol. The van der Waals surface area contributed by atoms with Crippen LogP contribution in [0.4, 0.5) is 0 Å². The smallest absolute Gasteiger partial charge is 0.227 e. The topological polar surface area (TPSA) is 67.6 Å². The van der Waals surface area contributed by atoms with Crippen LogP contribution in [-0.4, -0.2) is 56.7 Å². The molecule has 0 atom stereocenters. The fourth-order valence-corrected chi connectivity index (χ4v) is 3.71. The molecule has 0 aromatic heterocycles. The van der Waals surface area contributed by atoms with Crippen molar-refractivity contribution in [2.24, 2.45) is 11.1 Å². The number of likely N-dealkylation sites (N-methyl/N-ethyl adjacent to an activating group) is 1. The summed E-state index contributed by atoms with van der Waals surface area (Å²) in [6, 6.07) is 0. The van der Waals surface area contributed by atoms with Crippen molar-refractivity contribution in [2.45, 2.75) is 50.5 Å². The van der Waals surface area contributed by atoms with Crippen LogP contribution in [0, 0.1) is 5.41 Å². The summed E-state index contributed by atoms with van der Waals surface area (Å²) in [5, 5.41) is 3.22. The predicted octanol–water partition coefficient (Wildman–Crippen LogP) is 1.12. The van der Waals surface area contributed by atoms with E-state index in [0.717, 1.165) is 19.4 Å². The van der Waals surface area contributed by atoms with Crippen LogP contribution in [0.3, 0.4) is 0 Å². The molecule has 2 rings (SSSR count). The highest BCUT2D eigenvalue weighted by atomic mass is 16.5. The summed E-state index contributed by atoms with van der Waals surface area (Å²) >= 11 is 0. The molecule has 0 unspecified atom stereocenters. The van der Waals surface area contributed by atoms with E-state index < -0.39 is 5.41 Å². The Hall–Kier alpha value is -0.650. The lowest BCUT2D eigenvalue weighted by molar-refractivity contribution is -0.136. The molecule has 5 nitrogen and oxygen atoms in total. The van der Waals surface area contributed by atoms with Crippen LogP contribution in [-0.2, 0) is 9.53 Å². The third kappa shape index (κ3) is 3.58. The van der Waals surface area contributed by atoms with Crippen molar-refractivity contribution in [3.63, 3.8) is 0 Å². The standard InChI is InChI=1S/C16H31N3O2/c1-19(2)16(6-4-3-5-7-16)13-18-14(20)15(12-17)8-10-21-11-9-15/h3-13,17H2,1-2H3,(H,18,20). The Morgan fingerprint density at radius 2 is 1.76 bits per heavy atom. The van der Waals surface area contributed by atoms with Gasteiger partial charge in [0.1, 0.15) is 0 Å². The van der Waals surface area contributed by atoms with Crippen LogP contribution in [0.1, 0.15) is 44.9 Å². The van der Waals surface area contributed by atoms with Crippen LogP contribution in [0.5, 0.6) is 0 Å².